The molecule has 0 amide bonds. The minimum atomic E-state index is -0.130. The van der Waals surface area contributed by atoms with Crippen LogP contribution in [0.3, 0.4) is 0 Å². The van der Waals surface area contributed by atoms with Crippen LogP contribution in [0.4, 0.5) is 0 Å². The van der Waals surface area contributed by atoms with Crippen molar-refractivity contribution in [3.63, 3.8) is 0 Å². The fourth-order valence-corrected chi connectivity index (χ4v) is 8.40. The summed E-state index contributed by atoms with van der Waals surface area (Å²) in [6.07, 6.45) is 14.9. The SMILES string of the molecule is CCCCC(C(=O)OC)[C@H]1CC[C@H]2[C@@H]3CC=C4C[C@@H](O)CC[C@]4(C)[C@H]3CC[C@@]12C. The molecule has 0 spiro atoms. The number of carbonyl (C=O) groups is 1. The van der Waals surface area contributed by atoms with Crippen LogP contribution in [-0.4, -0.2) is 24.3 Å². The first-order valence-corrected chi connectivity index (χ1v) is 12.3. The molecule has 0 radical (unpaired) electrons. The Balaban J connectivity index is 1.59. The molecule has 1 unspecified atom stereocenters. The number of rotatable bonds is 5. The van der Waals surface area contributed by atoms with Gasteiger partial charge in [0.1, 0.15) is 0 Å². The van der Waals surface area contributed by atoms with Gasteiger partial charge in [0.25, 0.3) is 0 Å². The van der Waals surface area contributed by atoms with Crippen molar-refractivity contribution in [2.24, 2.45) is 40.4 Å². The summed E-state index contributed by atoms with van der Waals surface area (Å²) in [4.78, 5) is 12.7. The molecular weight excluding hydrogens is 360 g/mol. The largest absolute Gasteiger partial charge is 0.469 e. The van der Waals surface area contributed by atoms with Crippen molar-refractivity contribution in [1.82, 2.24) is 0 Å². The van der Waals surface area contributed by atoms with Gasteiger partial charge >= 0.3 is 5.97 Å². The Bertz CT molecular complexity index is 654. The zero-order valence-electron chi connectivity index (χ0n) is 19.1. The van der Waals surface area contributed by atoms with E-state index in [4.69, 9.17) is 4.74 Å². The van der Waals surface area contributed by atoms with E-state index in [2.05, 4.69) is 26.8 Å². The van der Waals surface area contributed by atoms with Crippen LogP contribution in [-0.2, 0) is 9.53 Å². The van der Waals surface area contributed by atoms with E-state index in [1.54, 1.807) is 12.7 Å². The van der Waals surface area contributed by atoms with E-state index in [9.17, 15) is 9.90 Å². The van der Waals surface area contributed by atoms with Crippen molar-refractivity contribution < 1.29 is 14.6 Å². The summed E-state index contributed by atoms with van der Waals surface area (Å²) in [7, 11) is 1.57. The van der Waals surface area contributed by atoms with E-state index in [0.29, 0.717) is 11.3 Å². The number of methoxy groups -OCH3 is 1. The van der Waals surface area contributed by atoms with Gasteiger partial charge in [-0.25, -0.2) is 0 Å². The molecule has 0 heterocycles. The van der Waals surface area contributed by atoms with E-state index < -0.39 is 0 Å². The molecule has 0 aromatic carbocycles. The topological polar surface area (TPSA) is 46.5 Å². The molecule has 0 aliphatic heterocycles. The Hall–Kier alpha value is -0.830. The molecule has 0 aromatic rings. The van der Waals surface area contributed by atoms with Gasteiger partial charge in [-0.2, -0.15) is 0 Å². The Kier molecular flexibility index (Phi) is 5.92. The van der Waals surface area contributed by atoms with E-state index in [0.717, 1.165) is 56.3 Å². The number of ether oxygens (including phenoxy) is 1. The molecule has 4 rings (SSSR count). The highest BCUT2D eigenvalue weighted by Crippen LogP contribution is 2.67. The van der Waals surface area contributed by atoms with Crippen LogP contribution in [0.25, 0.3) is 0 Å². The van der Waals surface area contributed by atoms with Gasteiger partial charge < -0.3 is 9.84 Å². The smallest absolute Gasteiger partial charge is 0.308 e. The van der Waals surface area contributed by atoms with E-state index in [-0.39, 0.29) is 23.4 Å². The maximum atomic E-state index is 12.7. The minimum Gasteiger partial charge on any atom is -0.469 e. The third-order valence-electron chi connectivity index (χ3n) is 10.0. The number of esters is 1. The first-order chi connectivity index (χ1) is 13.8. The number of hydrogen-bond donors (Lipinski definition) is 1. The van der Waals surface area contributed by atoms with E-state index >= 15 is 0 Å². The molecule has 4 aliphatic rings. The average Bonchev–Trinajstić information content (AvgIpc) is 3.06. The van der Waals surface area contributed by atoms with Crippen LogP contribution in [0.2, 0.25) is 0 Å². The predicted molar refractivity (Wildman–Crippen MR) is 116 cm³/mol. The molecule has 8 atom stereocenters. The zero-order valence-corrected chi connectivity index (χ0v) is 19.1. The van der Waals surface area contributed by atoms with Gasteiger partial charge in [0.15, 0.2) is 0 Å². The van der Waals surface area contributed by atoms with Gasteiger partial charge in [0, 0.05) is 0 Å². The van der Waals surface area contributed by atoms with E-state index in [1.807, 2.05) is 0 Å². The Labute approximate surface area is 177 Å². The lowest BCUT2D eigenvalue weighted by Crippen LogP contribution is -2.51. The van der Waals surface area contributed by atoms with Crippen LogP contribution in [0, 0.1) is 40.4 Å². The molecule has 3 nitrogen and oxygen atoms in total. The lowest BCUT2D eigenvalue weighted by atomic mass is 9.47. The van der Waals surface area contributed by atoms with E-state index in [1.165, 1.54) is 32.1 Å². The van der Waals surface area contributed by atoms with Crippen molar-refractivity contribution in [3.05, 3.63) is 11.6 Å². The fraction of sp³-hybridized carbons (Fsp3) is 0.885. The molecule has 164 valence electrons. The highest BCUT2D eigenvalue weighted by Gasteiger charge is 2.60. The van der Waals surface area contributed by atoms with Crippen LogP contribution in [0.1, 0.15) is 91.4 Å². The lowest BCUT2D eigenvalue weighted by molar-refractivity contribution is -0.151. The second kappa shape index (κ2) is 8.02. The minimum absolute atomic E-state index is 0.0338. The van der Waals surface area contributed by atoms with Crippen LogP contribution >= 0.6 is 0 Å². The highest BCUT2D eigenvalue weighted by molar-refractivity contribution is 5.72. The molecule has 0 aromatic heterocycles. The Morgan fingerprint density at radius 2 is 2.00 bits per heavy atom. The van der Waals surface area contributed by atoms with Gasteiger partial charge in [-0.3, -0.25) is 4.79 Å². The summed E-state index contributed by atoms with van der Waals surface area (Å²) in [5.74, 6) is 2.86. The van der Waals surface area contributed by atoms with Crippen LogP contribution in [0.5, 0.6) is 0 Å². The summed E-state index contributed by atoms with van der Waals surface area (Å²) in [6, 6.07) is 0. The maximum absolute atomic E-state index is 12.7. The number of aliphatic hydroxyl groups is 1. The monoisotopic (exact) mass is 402 g/mol. The fourth-order valence-electron chi connectivity index (χ4n) is 8.40. The van der Waals surface area contributed by atoms with Crippen molar-refractivity contribution in [2.45, 2.75) is 97.5 Å². The average molecular weight is 403 g/mol. The number of allylic oxidation sites excluding steroid dienone is 1. The summed E-state index contributed by atoms with van der Waals surface area (Å²) < 4.78 is 5.28. The Morgan fingerprint density at radius 3 is 2.72 bits per heavy atom. The zero-order chi connectivity index (χ0) is 20.8. The van der Waals surface area contributed by atoms with Gasteiger partial charge in [0.2, 0.25) is 0 Å². The van der Waals surface area contributed by atoms with Crippen LogP contribution in [0.15, 0.2) is 11.6 Å². The first-order valence-electron chi connectivity index (χ1n) is 12.3. The number of unbranched alkanes of at least 4 members (excludes halogenated alkanes) is 1. The number of aliphatic hydroxyl groups excluding tert-OH is 1. The summed E-state index contributed by atoms with van der Waals surface area (Å²) in [6.45, 7) is 7.22. The van der Waals surface area contributed by atoms with Crippen molar-refractivity contribution in [3.8, 4) is 0 Å². The summed E-state index contributed by atoms with van der Waals surface area (Å²) in [5.41, 5.74) is 2.13. The summed E-state index contributed by atoms with van der Waals surface area (Å²) in [5, 5.41) is 10.2. The Morgan fingerprint density at radius 1 is 1.21 bits per heavy atom. The predicted octanol–water partition coefficient (Wildman–Crippen LogP) is 5.91. The molecule has 3 saturated carbocycles. The van der Waals surface area contributed by atoms with Gasteiger partial charge in [-0.15, -0.1) is 0 Å². The third kappa shape index (κ3) is 3.40. The maximum Gasteiger partial charge on any atom is 0.308 e. The number of fused-ring (bicyclic) bond motifs is 5. The third-order valence-corrected chi connectivity index (χ3v) is 10.0. The van der Waals surface area contributed by atoms with Gasteiger partial charge in [-0.05, 0) is 92.3 Å². The lowest BCUT2D eigenvalue weighted by Gasteiger charge is -2.58. The molecule has 0 bridgehead atoms. The summed E-state index contributed by atoms with van der Waals surface area (Å²) >= 11 is 0. The molecule has 29 heavy (non-hydrogen) atoms. The van der Waals surface area contributed by atoms with Crippen molar-refractivity contribution >= 4 is 5.97 Å². The molecule has 1 N–H and O–H groups in total. The van der Waals surface area contributed by atoms with Crippen molar-refractivity contribution in [2.75, 3.05) is 7.11 Å². The molecule has 3 heteroatoms. The first kappa shape index (κ1) is 21.4. The second-order valence-electron chi connectivity index (χ2n) is 11.2. The molecule has 3 fully saturated rings. The molecule has 4 aliphatic carbocycles. The van der Waals surface area contributed by atoms with Crippen LogP contribution < -0.4 is 0 Å². The molecule has 0 saturated heterocycles. The quantitative estimate of drug-likeness (QED) is 0.459. The van der Waals surface area contributed by atoms with Gasteiger partial charge in [0.05, 0.1) is 19.1 Å². The standard InChI is InChI=1S/C26H42O3/c1-5-6-7-20(24(28)29-4)22-11-10-21-19-9-8-17-16-18(27)12-14-25(17,2)23(19)13-15-26(21,22)3/h8,18-23,27H,5-7,9-16H2,1-4H3/t18-,19-,20?,21-,22+,23-,25-,26+/m0/s1. The second-order valence-corrected chi connectivity index (χ2v) is 11.2. The van der Waals surface area contributed by atoms with Gasteiger partial charge in [-0.1, -0.05) is 45.3 Å². The number of hydrogen-bond acceptors (Lipinski definition) is 3. The molecular formula is C26H42O3. The highest BCUT2D eigenvalue weighted by atomic mass is 16.5. The van der Waals surface area contributed by atoms with Crippen molar-refractivity contribution in [1.29, 1.82) is 0 Å². The normalized spacial score (nSPS) is 44.9. The number of carbonyl (C=O) groups excluding carboxylic acids is 1.